The van der Waals surface area contributed by atoms with Gasteiger partial charge in [0.15, 0.2) is 0 Å². The quantitative estimate of drug-likeness (QED) is 0.469. The van der Waals surface area contributed by atoms with Gasteiger partial charge in [0.25, 0.3) is 5.56 Å². The molecule has 1 aliphatic heterocycles. The van der Waals surface area contributed by atoms with Crippen LogP contribution in [0.4, 0.5) is 23.0 Å². The maximum Gasteiger partial charge on any atom is 0.262 e. The molecule has 2 aromatic heterocycles. The summed E-state index contributed by atoms with van der Waals surface area (Å²) in [7, 11) is 0. The molecule has 3 aromatic rings. The molecule has 9 nitrogen and oxygen atoms in total. The van der Waals surface area contributed by atoms with Crippen LogP contribution in [-0.2, 0) is 4.74 Å². The van der Waals surface area contributed by atoms with Crippen LogP contribution in [0, 0.1) is 6.92 Å². The summed E-state index contributed by atoms with van der Waals surface area (Å²) >= 11 is 0. The number of hydrogen-bond acceptors (Lipinski definition) is 8. The van der Waals surface area contributed by atoms with E-state index >= 15 is 0 Å². The lowest BCUT2D eigenvalue weighted by Crippen LogP contribution is -2.42. The maximum absolute atomic E-state index is 12.8. The molecular formula is C24H31N7O2. The zero-order valence-corrected chi connectivity index (χ0v) is 18.9. The van der Waals surface area contributed by atoms with Crippen LogP contribution < -0.4 is 26.8 Å². The molecule has 1 aliphatic carbocycles. The number of aromatic nitrogens is 3. The Morgan fingerprint density at radius 2 is 1.88 bits per heavy atom. The molecule has 2 aliphatic rings. The van der Waals surface area contributed by atoms with E-state index in [9.17, 15) is 4.79 Å². The number of aryl methyl sites for hydroxylation is 1. The number of nitrogens with two attached hydrogens (primary N) is 1. The van der Waals surface area contributed by atoms with E-state index in [-0.39, 0.29) is 17.6 Å². The lowest BCUT2D eigenvalue weighted by atomic mass is 9.91. The fourth-order valence-corrected chi connectivity index (χ4v) is 4.69. The summed E-state index contributed by atoms with van der Waals surface area (Å²) in [6.07, 6.45) is 4.32. The first-order valence-electron chi connectivity index (χ1n) is 11.7. The summed E-state index contributed by atoms with van der Waals surface area (Å²) in [6, 6.07) is 10.3. The van der Waals surface area contributed by atoms with E-state index in [2.05, 4.69) is 37.6 Å². The Hall–Kier alpha value is -3.17. The van der Waals surface area contributed by atoms with Crippen molar-refractivity contribution in [1.82, 2.24) is 15.0 Å². The van der Waals surface area contributed by atoms with Crippen LogP contribution in [-0.4, -0.2) is 53.3 Å². The number of H-pyrrole nitrogens is 1. The van der Waals surface area contributed by atoms with Crippen molar-refractivity contribution >= 4 is 33.9 Å². The summed E-state index contributed by atoms with van der Waals surface area (Å²) in [5.74, 6) is 1.72. The van der Waals surface area contributed by atoms with Gasteiger partial charge >= 0.3 is 0 Å². The van der Waals surface area contributed by atoms with Crippen molar-refractivity contribution in [3.05, 3.63) is 46.5 Å². The number of hydrogen-bond donors (Lipinski definition) is 4. The summed E-state index contributed by atoms with van der Waals surface area (Å²) in [5, 5.41) is 7.27. The molecule has 5 N–H and O–H groups in total. The van der Waals surface area contributed by atoms with Gasteiger partial charge < -0.3 is 31.0 Å². The third-order valence-corrected chi connectivity index (χ3v) is 6.47. The number of aromatic amines is 1. The van der Waals surface area contributed by atoms with Crippen LogP contribution in [0.15, 0.2) is 35.1 Å². The molecular weight excluding hydrogens is 418 g/mol. The van der Waals surface area contributed by atoms with Crippen LogP contribution in [0.5, 0.6) is 0 Å². The summed E-state index contributed by atoms with van der Waals surface area (Å²) in [4.78, 5) is 27.2. The molecule has 0 amide bonds. The van der Waals surface area contributed by atoms with Crippen LogP contribution >= 0.6 is 0 Å². The summed E-state index contributed by atoms with van der Waals surface area (Å²) < 4.78 is 5.44. The van der Waals surface area contributed by atoms with E-state index in [1.807, 2.05) is 18.2 Å². The number of benzene rings is 1. The number of nitrogens with zero attached hydrogens (tertiary/aromatic N) is 3. The standard InChI is InChI=1S/C24H31N7O2/c1-15-26-20-14-21(29-19-5-3-2-4-18(19)25)30-23(22(20)24(32)27-15)28-16-6-8-17(9-7-16)31-10-12-33-13-11-31/h6-9,14,18-19H,2-5,10-13,25H2,1H3,(H,26,27,32)(H2,28,29,30)/t18-,19+/m1/s1. The number of anilines is 4. The molecule has 33 heavy (non-hydrogen) atoms. The third-order valence-electron chi connectivity index (χ3n) is 6.47. The first-order valence-corrected chi connectivity index (χ1v) is 11.7. The van der Waals surface area contributed by atoms with Gasteiger partial charge in [-0.05, 0) is 44.0 Å². The molecule has 9 heteroatoms. The SMILES string of the molecule is Cc1nc2cc(N[C@H]3CCCC[C@H]3N)nc(Nc3ccc(N4CCOCC4)cc3)c2c(=O)[nH]1. The van der Waals surface area contributed by atoms with Crippen molar-refractivity contribution in [3.63, 3.8) is 0 Å². The van der Waals surface area contributed by atoms with Crippen molar-refractivity contribution in [3.8, 4) is 0 Å². The highest BCUT2D eigenvalue weighted by Gasteiger charge is 2.23. The fraction of sp³-hybridized carbons (Fsp3) is 0.458. The van der Waals surface area contributed by atoms with Gasteiger partial charge in [0, 0.05) is 42.6 Å². The lowest BCUT2D eigenvalue weighted by molar-refractivity contribution is 0.122. The Kier molecular flexibility index (Phi) is 6.15. The second-order valence-corrected chi connectivity index (χ2v) is 8.87. The van der Waals surface area contributed by atoms with Crippen LogP contribution in [0.1, 0.15) is 31.5 Å². The molecule has 1 aromatic carbocycles. The van der Waals surface area contributed by atoms with Crippen molar-refractivity contribution in [2.45, 2.75) is 44.7 Å². The van der Waals surface area contributed by atoms with Crippen LogP contribution in [0.25, 0.3) is 10.9 Å². The monoisotopic (exact) mass is 449 g/mol. The van der Waals surface area contributed by atoms with Gasteiger partial charge in [-0.3, -0.25) is 4.79 Å². The van der Waals surface area contributed by atoms with E-state index in [4.69, 9.17) is 15.5 Å². The fourth-order valence-electron chi connectivity index (χ4n) is 4.69. The van der Waals surface area contributed by atoms with Crippen molar-refractivity contribution in [1.29, 1.82) is 0 Å². The second-order valence-electron chi connectivity index (χ2n) is 8.87. The van der Waals surface area contributed by atoms with Crippen molar-refractivity contribution in [2.75, 3.05) is 41.8 Å². The number of ether oxygens (including phenoxy) is 1. The minimum Gasteiger partial charge on any atom is -0.378 e. The second kappa shape index (κ2) is 9.36. The molecule has 0 spiro atoms. The number of pyridine rings is 1. The number of nitrogens with one attached hydrogen (secondary N) is 3. The molecule has 5 rings (SSSR count). The van der Waals surface area contributed by atoms with Gasteiger partial charge in [-0.1, -0.05) is 12.8 Å². The number of fused-ring (bicyclic) bond motifs is 1. The predicted molar refractivity (Wildman–Crippen MR) is 132 cm³/mol. The van der Waals surface area contributed by atoms with Gasteiger partial charge in [-0.25, -0.2) is 9.97 Å². The normalized spacial score (nSPS) is 21.2. The Labute approximate surface area is 192 Å². The Bertz CT molecular complexity index is 1170. The Morgan fingerprint density at radius 3 is 2.64 bits per heavy atom. The highest BCUT2D eigenvalue weighted by Crippen LogP contribution is 2.27. The largest absolute Gasteiger partial charge is 0.378 e. The topological polar surface area (TPSA) is 121 Å². The molecule has 0 radical (unpaired) electrons. The Morgan fingerprint density at radius 1 is 1.12 bits per heavy atom. The minimum atomic E-state index is -0.210. The molecule has 1 saturated carbocycles. The molecule has 2 fully saturated rings. The van der Waals surface area contributed by atoms with Gasteiger partial charge in [-0.15, -0.1) is 0 Å². The molecule has 1 saturated heterocycles. The van der Waals surface area contributed by atoms with E-state index in [1.165, 1.54) is 0 Å². The smallest absolute Gasteiger partial charge is 0.262 e. The van der Waals surface area contributed by atoms with Gasteiger partial charge in [0.1, 0.15) is 22.8 Å². The van der Waals surface area contributed by atoms with E-state index in [0.717, 1.165) is 63.4 Å². The van der Waals surface area contributed by atoms with Crippen LogP contribution in [0.3, 0.4) is 0 Å². The highest BCUT2D eigenvalue weighted by atomic mass is 16.5. The molecule has 174 valence electrons. The number of morpholine rings is 1. The van der Waals surface area contributed by atoms with Gasteiger partial charge in [0.2, 0.25) is 0 Å². The lowest BCUT2D eigenvalue weighted by Gasteiger charge is -2.30. The molecule has 0 bridgehead atoms. The first kappa shape index (κ1) is 21.7. The van der Waals surface area contributed by atoms with E-state index in [0.29, 0.717) is 28.4 Å². The molecule has 3 heterocycles. The van der Waals surface area contributed by atoms with Gasteiger partial charge in [-0.2, -0.15) is 0 Å². The number of rotatable bonds is 5. The van der Waals surface area contributed by atoms with E-state index < -0.39 is 0 Å². The maximum atomic E-state index is 12.8. The van der Waals surface area contributed by atoms with Crippen LogP contribution in [0.2, 0.25) is 0 Å². The van der Waals surface area contributed by atoms with Crippen molar-refractivity contribution < 1.29 is 4.74 Å². The zero-order chi connectivity index (χ0) is 22.8. The molecule has 2 atom stereocenters. The average molecular weight is 450 g/mol. The minimum absolute atomic E-state index is 0.0919. The first-order chi connectivity index (χ1) is 16.1. The molecule has 0 unspecified atom stereocenters. The Balaban J connectivity index is 1.46. The van der Waals surface area contributed by atoms with Gasteiger partial charge in [0.05, 0.1) is 18.7 Å². The van der Waals surface area contributed by atoms with Crippen molar-refractivity contribution in [2.24, 2.45) is 5.73 Å². The average Bonchev–Trinajstić information content (AvgIpc) is 2.81. The summed E-state index contributed by atoms with van der Waals surface area (Å²) in [5.41, 5.74) is 8.73. The summed E-state index contributed by atoms with van der Waals surface area (Å²) in [6.45, 7) is 5.04. The zero-order valence-electron chi connectivity index (χ0n) is 18.9. The third kappa shape index (κ3) is 4.79. The highest BCUT2D eigenvalue weighted by molar-refractivity contribution is 5.92. The predicted octanol–water partition coefficient (Wildman–Crippen LogP) is 2.89. The van der Waals surface area contributed by atoms with E-state index in [1.54, 1.807) is 6.92 Å².